The molecule has 0 atom stereocenters. The van der Waals surface area contributed by atoms with E-state index in [1.54, 1.807) is 31.3 Å². The zero-order valence-electron chi connectivity index (χ0n) is 14.3. The first-order chi connectivity index (χ1) is 12.5. The second-order valence-corrected chi connectivity index (χ2v) is 6.33. The monoisotopic (exact) mass is 351 g/mol. The fourth-order valence-corrected chi connectivity index (χ4v) is 3.10. The maximum atomic E-state index is 12.6. The van der Waals surface area contributed by atoms with Gasteiger partial charge in [-0.3, -0.25) is 9.78 Å². The van der Waals surface area contributed by atoms with Gasteiger partial charge in [0.15, 0.2) is 5.75 Å². The number of aryl methyl sites for hydroxylation is 2. The van der Waals surface area contributed by atoms with Crippen molar-refractivity contribution in [3.05, 3.63) is 62.7 Å². The molecule has 7 heteroatoms. The van der Waals surface area contributed by atoms with Crippen LogP contribution >= 0.6 is 0 Å². The van der Waals surface area contributed by atoms with E-state index in [9.17, 15) is 15.0 Å². The van der Waals surface area contributed by atoms with Crippen molar-refractivity contribution < 1.29 is 14.9 Å². The van der Waals surface area contributed by atoms with Gasteiger partial charge in [0.1, 0.15) is 11.6 Å². The molecule has 0 saturated carbocycles. The average Bonchev–Trinajstić information content (AvgIpc) is 2.63. The quantitative estimate of drug-likeness (QED) is 0.511. The fourth-order valence-electron chi connectivity index (χ4n) is 3.10. The standard InChI is InChI=1S/C19H17N3O4/c1-9-3-4-15(24)13(5-9)17-21-18(25)14-6-12-11(8-23)7-20-10(2)16(12)26-19(14)22-17/h3-5,7,23-24H,6,8H2,1-2H3,(H,21,22,25). The zero-order valence-corrected chi connectivity index (χ0v) is 14.3. The third-order valence-electron chi connectivity index (χ3n) is 4.51. The van der Waals surface area contributed by atoms with E-state index < -0.39 is 0 Å². The van der Waals surface area contributed by atoms with Crippen molar-refractivity contribution in [1.29, 1.82) is 0 Å². The fraction of sp³-hybridized carbons (Fsp3) is 0.211. The Morgan fingerprint density at radius 3 is 2.85 bits per heavy atom. The van der Waals surface area contributed by atoms with Crippen LogP contribution in [-0.2, 0) is 13.0 Å². The van der Waals surface area contributed by atoms with Crippen LogP contribution in [0.1, 0.15) is 27.9 Å². The Kier molecular flexibility index (Phi) is 3.73. The van der Waals surface area contributed by atoms with Crippen molar-refractivity contribution in [2.75, 3.05) is 0 Å². The number of aromatic nitrogens is 3. The van der Waals surface area contributed by atoms with Crippen molar-refractivity contribution in [2.45, 2.75) is 26.9 Å². The number of phenolic OH excluding ortho intramolecular Hbond substituents is 1. The van der Waals surface area contributed by atoms with Crippen molar-refractivity contribution >= 4 is 0 Å². The minimum absolute atomic E-state index is 0.0234. The lowest BCUT2D eigenvalue weighted by Crippen LogP contribution is -2.21. The van der Waals surface area contributed by atoms with E-state index in [-0.39, 0.29) is 29.6 Å². The number of aliphatic hydroxyl groups excluding tert-OH is 1. The highest BCUT2D eigenvalue weighted by atomic mass is 16.5. The van der Waals surface area contributed by atoms with E-state index in [1.165, 1.54) is 0 Å². The van der Waals surface area contributed by atoms with Gasteiger partial charge >= 0.3 is 0 Å². The Labute approximate surface area is 149 Å². The van der Waals surface area contributed by atoms with Gasteiger partial charge in [0.05, 0.1) is 23.4 Å². The van der Waals surface area contributed by atoms with Crippen LogP contribution < -0.4 is 10.3 Å². The number of phenols is 1. The first-order valence-electron chi connectivity index (χ1n) is 8.17. The number of nitrogens with one attached hydrogen (secondary N) is 1. The van der Waals surface area contributed by atoms with Gasteiger partial charge in [-0.2, -0.15) is 4.98 Å². The van der Waals surface area contributed by atoms with E-state index in [0.29, 0.717) is 34.6 Å². The summed E-state index contributed by atoms with van der Waals surface area (Å²) in [6, 6.07) is 5.07. The Morgan fingerprint density at radius 1 is 1.27 bits per heavy atom. The molecule has 0 aliphatic carbocycles. The molecule has 3 heterocycles. The number of ether oxygens (including phenoxy) is 1. The molecule has 0 bridgehead atoms. The number of hydrogen-bond donors (Lipinski definition) is 3. The summed E-state index contributed by atoms with van der Waals surface area (Å²) in [4.78, 5) is 24.0. The number of fused-ring (bicyclic) bond motifs is 2. The number of aromatic hydroxyl groups is 1. The topological polar surface area (TPSA) is 108 Å². The van der Waals surface area contributed by atoms with Gasteiger partial charge in [0.25, 0.3) is 5.56 Å². The third kappa shape index (κ3) is 2.53. The van der Waals surface area contributed by atoms with Crippen LogP contribution in [-0.4, -0.2) is 25.2 Å². The second-order valence-electron chi connectivity index (χ2n) is 6.33. The molecule has 1 aliphatic heterocycles. The molecule has 1 aliphatic rings. The van der Waals surface area contributed by atoms with Crippen molar-refractivity contribution in [1.82, 2.24) is 15.0 Å². The molecule has 0 fully saturated rings. The van der Waals surface area contributed by atoms with Gasteiger partial charge in [0.2, 0.25) is 5.88 Å². The highest BCUT2D eigenvalue weighted by molar-refractivity contribution is 5.65. The Bertz CT molecular complexity index is 1090. The molecular formula is C19H17N3O4. The normalized spacial score (nSPS) is 12.3. The summed E-state index contributed by atoms with van der Waals surface area (Å²) in [7, 11) is 0. The number of nitrogens with zero attached hydrogens (tertiary/aromatic N) is 2. The first kappa shape index (κ1) is 16.3. The summed E-state index contributed by atoms with van der Waals surface area (Å²) in [5.41, 5.74) is 3.42. The molecule has 0 amide bonds. The van der Waals surface area contributed by atoms with E-state index in [2.05, 4.69) is 15.0 Å². The van der Waals surface area contributed by atoms with Crippen LogP contribution in [0.2, 0.25) is 0 Å². The first-order valence-corrected chi connectivity index (χ1v) is 8.17. The van der Waals surface area contributed by atoms with Crippen LogP contribution in [0.25, 0.3) is 11.4 Å². The van der Waals surface area contributed by atoms with Crippen LogP contribution in [0.4, 0.5) is 0 Å². The van der Waals surface area contributed by atoms with Crippen LogP contribution in [0.3, 0.4) is 0 Å². The molecule has 0 unspecified atom stereocenters. The number of aliphatic hydroxyl groups is 1. The number of hydrogen-bond acceptors (Lipinski definition) is 6. The Morgan fingerprint density at radius 2 is 2.08 bits per heavy atom. The van der Waals surface area contributed by atoms with Gasteiger partial charge in [-0.1, -0.05) is 11.6 Å². The van der Waals surface area contributed by atoms with Gasteiger partial charge in [-0.15, -0.1) is 0 Å². The van der Waals surface area contributed by atoms with Crippen LogP contribution in [0.5, 0.6) is 17.4 Å². The van der Waals surface area contributed by atoms with E-state index in [1.807, 2.05) is 6.92 Å². The molecule has 0 radical (unpaired) electrons. The van der Waals surface area contributed by atoms with Gasteiger partial charge in [-0.25, -0.2) is 0 Å². The molecule has 7 nitrogen and oxygen atoms in total. The molecule has 132 valence electrons. The molecule has 4 rings (SSSR count). The second kappa shape index (κ2) is 5.96. The summed E-state index contributed by atoms with van der Waals surface area (Å²) in [6.45, 7) is 3.50. The predicted octanol–water partition coefficient (Wildman–Crippen LogP) is 2.34. The summed E-state index contributed by atoms with van der Waals surface area (Å²) in [5.74, 6) is 0.969. The Balaban J connectivity index is 1.87. The molecule has 3 aromatic rings. The van der Waals surface area contributed by atoms with Gasteiger partial charge < -0.3 is 19.9 Å². The highest BCUT2D eigenvalue weighted by Crippen LogP contribution is 2.38. The largest absolute Gasteiger partial charge is 0.507 e. The molecule has 1 aromatic carbocycles. The molecule has 26 heavy (non-hydrogen) atoms. The molecular weight excluding hydrogens is 334 g/mol. The highest BCUT2D eigenvalue weighted by Gasteiger charge is 2.26. The maximum absolute atomic E-state index is 12.6. The lowest BCUT2D eigenvalue weighted by molar-refractivity contribution is 0.278. The van der Waals surface area contributed by atoms with Gasteiger partial charge in [-0.05, 0) is 26.0 Å². The molecule has 0 spiro atoms. The molecule has 3 N–H and O–H groups in total. The smallest absolute Gasteiger partial charge is 0.258 e. The number of H-pyrrole nitrogens is 1. The summed E-state index contributed by atoms with van der Waals surface area (Å²) in [6.07, 6.45) is 1.88. The minimum atomic E-state index is -0.338. The summed E-state index contributed by atoms with van der Waals surface area (Å²) in [5, 5.41) is 19.6. The molecule has 2 aromatic heterocycles. The third-order valence-corrected chi connectivity index (χ3v) is 4.51. The minimum Gasteiger partial charge on any atom is -0.507 e. The lowest BCUT2D eigenvalue weighted by atomic mass is 9.98. The van der Waals surface area contributed by atoms with Crippen molar-refractivity contribution in [3.63, 3.8) is 0 Å². The lowest BCUT2D eigenvalue weighted by Gasteiger charge is -2.22. The summed E-state index contributed by atoms with van der Waals surface area (Å²) < 4.78 is 5.88. The van der Waals surface area contributed by atoms with Crippen LogP contribution in [0.15, 0.2) is 29.2 Å². The average molecular weight is 351 g/mol. The Hall–Kier alpha value is -3.19. The van der Waals surface area contributed by atoms with E-state index >= 15 is 0 Å². The number of aromatic amines is 1. The van der Waals surface area contributed by atoms with E-state index in [0.717, 1.165) is 11.1 Å². The van der Waals surface area contributed by atoms with Crippen molar-refractivity contribution in [3.8, 4) is 28.8 Å². The summed E-state index contributed by atoms with van der Waals surface area (Å²) >= 11 is 0. The van der Waals surface area contributed by atoms with Crippen molar-refractivity contribution in [2.24, 2.45) is 0 Å². The predicted molar refractivity (Wildman–Crippen MR) is 94.5 cm³/mol. The number of rotatable bonds is 2. The maximum Gasteiger partial charge on any atom is 0.258 e. The number of benzene rings is 1. The van der Waals surface area contributed by atoms with E-state index in [4.69, 9.17) is 4.74 Å². The van der Waals surface area contributed by atoms with Crippen LogP contribution in [0, 0.1) is 13.8 Å². The SMILES string of the molecule is Cc1ccc(O)c(-c2nc3c(c(=O)[nH]2)Cc2c(CO)cnc(C)c2O3)c1. The molecule has 0 saturated heterocycles. The number of pyridine rings is 1. The zero-order chi connectivity index (χ0) is 18.4. The van der Waals surface area contributed by atoms with Gasteiger partial charge in [0, 0.05) is 23.7 Å².